The van der Waals surface area contributed by atoms with Crippen molar-refractivity contribution < 1.29 is 13.5 Å². The zero-order valence-electron chi connectivity index (χ0n) is 17.5. The van der Waals surface area contributed by atoms with Gasteiger partial charge in [-0.25, -0.2) is 13.8 Å². The van der Waals surface area contributed by atoms with Crippen LogP contribution in [0.25, 0.3) is 11.1 Å². The quantitative estimate of drug-likeness (QED) is 0.487. The molecule has 0 amide bonds. The normalized spacial score (nSPS) is 22.0. The zero-order valence-corrected chi connectivity index (χ0v) is 19.0. The van der Waals surface area contributed by atoms with E-state index in [1.165, 1.54) is 12.1 Å². The van der Waals surface area contributed by atoms with E-state index in [0.717, 1.165) is 12.1 Å². The fourth-order valence-corrected chi connectivity index (χ4v) is 4.67. The number of piperidine rings is 1. The lowest BCUT2D eigenvalue weighted by Gasteiger charge is -2.32. The second kappa shape index (κ2) is 9.21. The van der Waals surface area contributed by atoms with Crippen molar-refractivity contribution in [1.29, 1.82) is 0 Å². The van der Waals surface area contributed by atoms with Gasteiger partial charge in [0.05, 0.1) is 17.3 Å². The van der Waals surface area contributed by atoms with Gasteiger partial charge in [0.25, 0.3) is 0 Å². The fraction of sp³-hybridized carbons (Fsp3) is 0.364. The summed E-state index contributed by atoms with van der Waals surface area (Å²) in [5.41, 5.74) is 7.76. The molecule has 32 heavy (non-hydrogen) atoms. The number of aromatic nitrogens is 3. The number of alkyl halides is 1. The zero-order chi connectivity index (χ0) is 23.0. The maximum absolute atomic E-state index is 14.5. The number of ether oxygens (including phenoxy) is 1. The molecule has 1 saturated heterocycles. The summed E-state index contributed by atoms with van der Waals surface area (Å²) < 4.78 is 36.0. The lowest BCUT2D eigenvalue weighted by Crippen LogP contribution is -2.44. The number of rotatable bonds is 5. The van der Waals surface area contributed by atoms with Gasteiger partial charge in [0.1, 0.15) is 18.1 Å². The molecule has 1 aromatic carbocycles. The number of nitrogen functional groups attached to an aromatic ring is 1. The van der Waals surface area contributed by atoms with Crippen LogP contribution in [-0.2, 0) is 0 Å². The van der Waals surface area contributed by atoms with Gasteiger partial charge in [-0.05, 0) is 37.6 Å². The van der Waals surface area contributed by atoms with Crippen molar-refractivity contribution in [3.05, 3.63) is 58.2 Å². The highest BCUT2D eigenvalue weighted by Gasteiger charge is 2.32. The Balaban J connectivity index is 1.60. The average Bonchev–Trinajstić information content (AvgIpc) is 3.22. The van der Waals surface area contributed by atoms with Crippen LogP contribution in [0, 0.1) is 11.7 Å². The van der Waals surface area contributed by atoms with Gasteiger partial charge < -0.3 is 15.8 Å². The minimum atomic E-state index is -1.03. The molecule has 0 aliphatic carbocycles. The number of benzene rings is 1. The molecule has 0 radical (unpaired) electrons. The standard InChI is InChI=1S/C22H23Cl2F2N5O/c1-11-6-28-9-17(26)21(11)31-10-14(8-30-31)13-5-18(22(27)29-7-13)32-12(2)19-15(23)3-4-16(25)20(19)24/h3-5,7-8,10-12,17,21,28H,6,9H2,1-2H3,(H2,27,29). The Kier molecular flexibility index (Phi) is 6.55. The van der Waals surface area contributed by atoms with E-state index in [4.69, 9.17) is 33.7 Å². The number of anilines is 1. The summed E-state index contributed by atoms with van der Waals surface area (Å²) in [4.78, 5) is 4.21. The topological polar surface area (TPSA) is 78.0 Å². The van der Waals surface area contributed by atoms with Gasteiger partial charge in [-0.15, -0.1) is 0 Å². The largest absolute Gasteiger partial charge is 0.482 e. The Hall–Kier alpha value is -2.42. The van der Waals surface area contributed by atoms with Crippen LogP contribution in [0.4, 0.5) is 14.6 Å². The van der Waals surface area contributed by atoms with Crippen molar-refractivity contribution in [3.8, 4) is 16.9 Å². The molecule has 1 fully saturated rings. The van der Waals surface area contributed by atoms with E-state index in [1.54, 1.807) is 36.3 Å². The Morgan fingerprint density at radius 3 is 2.78 bits per heavy atom. The van der Waals surface area contributed by atoms with E-state index in [9.17, 15) is 8.78 Å². The number of halogens is 4. The van der Waals surface area contributed by atoms with Crippen LogP contribution >= 0.6 is 23.2 Å². The number of hydrogen-bond donors (Lipinski definition) is 2. The molecule has 0 saturated carbocycles. The summed E-state index contributed by atoms with van der Waals surface area (Å²) >= 11 is 12.3. The highest BCUT2D eigenvalue weighted by Crippen LogP contribution is 2.37. The molecule has 0 bridgehead atoms. The summed E-state index contributed by atoms with van der Waals surface area (Å²) in [7, 11) is 0. The molecular weight excluding hydrogens is 459 g/mol. The number of hydrogen-bond acceptors (Lipinski definition) is 5. The van der Waals surface area contributed by atoms with Crippen molar-refractivity contribution in [2.45, 2.75) is 32.2 Å². The van der Waals surface area contributed by atoms with Gasteiger partial charge in [-0.3, -0.25) is 4.68 Å². The highest BCUT2D eigenvalue weighted by molar-refractivity contribution is 6.36. The second-order valence-corrected chi connectivity index (χ2v) is 8.76. The Morgan fingerprint density at radius 1 is 1.25 bits per heavy atom. The van der Waals surface area contributed by atoms with E-state index < -0.39 is 18.1 Å². The molecule has 4 atom stereocenters. The predicted octanol–water partition coefficient (Wildman–Crippen LogP) is 5.23. The Bertz CT molecular complexity index is 1120. The van der Waals surface area contributed by atoms with Crippen molar-refractivity contribution in [2.75, 3.05) is 18.8 Å². The molecular formula is C22H23Cl2F2N5O. The van der Waals surface area contributed by atoms with Crippen molar-refractivity contribution in [2.24, 2.45) is 5.92 Å². The monoisotopic (exact) mass is 481 g/mol. The van der Waals surface area contributed by atoms with Gasteiger partial charge in [0.15, 0.2) is 11.6 Å². The SMILES string of the molecule is CC(Oc1cc(-c2cnn(C3C(C)CNCC3F)c2)cnc1N)c1c(Cl)ccc(F)c1Cl. The van der Waals surface area contributed by atoms with Gasteiger partial charge in [0, 0.05) is 40.7 Å². The van der Waals surface area contributed by atoms with Gasteiger partial charge in [-0.1, -0.05) is 30.1 Å². The minimum Gasteiger partial charge on any atom is -0.482 e. The lowest BCUT2D eigenvalue weighted by molar-refractivity contribution is 0.127. The maximum atomic E-state index is 14.5. The summed E-state index contributed by atoms with van der Waals surface area (Å²) in [5.74, 6) is -0.0474. The van der Waals surface area contributed by atoms with Crippen LogP contribution in [-0.4, -0.2) is 34.0 Å². The summed E-state index contributed by atoms with van der Waals surface area (Å²) in [6, 6.07) is 3.98. The molecule has 3 aromatic rings. The minimum absolute atomic E-state index is 0.0940. The molecule has 1 aliphatic rings. The third-order valence-corrected chi connectivity index (χ3v) is 6.38. The predicted molar refractivity (Wildman–Crippen MR) is 121 cm³/mol. The molecule has 4 unspecified atom stereocenters. The first kappa shape index (κ1) is 22.8. The third kappa shape index (κ3) is 4.40. The van der Waals surface area contributed by atoms with Gasteiger partial charge >= 0.3 is 0 Å². The van der Waals surface area contributed by atoms with E-state index in [0.29, 0.717) is 17.7 Å². The van der Waals surface area contributed by atoms with Crippen LogP contribution < -0.4 is 15.8 Å². The van der Waals surface area contributed by atoms with E-state index >= 15 is 0 Å². The molecule has 1 aliphatic heterocycles. The summed E-state index contributed by atoms with van der Waals surface area (Å²) in [6.07, 6.45) is 3.32. The first-order valence-electron chi connectivity index (χ1n) is 10.2. The van der Waals surface area contributed by atoms with Crippen LogP contribution in [0.1, 0.15) is 31.6 Å². The molecule has 6 nitrogen and oxygen atoms in total. The molecule has 10 heteroatoms. The number of nitrogens with zero attached hydrogens (tertiary/aromatic N) is 3. The van der Waals surface area contributed by atoms with Gasteiger partial charge in [0.2, 0.25) is 0 Å². The molecule has 2 aromatic heterocycles. The maximum Gasteiger partial charge on any atom is 0.166 e. The van der Waals surface area contributed by atoms with Crippen molar-refractivity contribution >= 4 is 29.0 Å². The molecule has 0 spiro atoms. The first-order valence-corrected chi connectivity index (χ1v) is 11.0. The average molecular weight is 482 g/mol. The van der Waals surface area contributed by atoms with Gasteiger partial charge in [-0.2, -0.15) is 5.10 Å². The van der Waals surface area contributed by atoms with Crippen molar-refractivity contribution in [3.63, 3.8) is 0 Å². The molecule has 3 heterocycles. The molecule has 4 rings (SSSR count). The van der Waals surface area contributed by atoms with E-state index in [2.05, 4.69) is 15.4 Å². The number of nitrogens with two attached hydrogens (primary N) is 1. The van der Waals surface area contributed by atoms with E-state index in [-0.39, 0.29) is 33.6 Å². The van der Waals surface area contributed by atoms with Crippen molar-refractivity contribution in [1.82, 2.24) is 20.1 Å². The number of nitrogens with one attached hydrogen (secondary N) is 1. The first-order chi connectivity index (χ1) is 15.3. The Labute approximate surface area is 194 Å². The third-order valence-electron chi connectivity index (χ3n) is 5.67. The smallest absolute Gasteiger partial charge is 0.166 e. The fourth-order valence-electron chi connectivity index (χ4n) is 4.00. The van der Waals surface area contributed by atoms with Crippen LogP contribution in [0.15, 0.2) is 36.8 Å². The second-order valence-electron chi connectivity index (χ2n) is 7.98. The Morgan fingerprint density at radius 2 is 2.03 bits per heavy atom. The van der Waals surface area contributed by atoms with Crippen LogP contribution in [0.2, 0.25) is 10.0 Å². The number of pyridine rings is 1. The van der Waals surface area contributed by atoms with Crippen LogP contribution in [0.3, 0.4) is 0 Å². The summed E-state index contributed by atoms with van der Waals surface area (Å²) in [6.45, 7) is 4.71. The highest BCUT2D eigenvalue weighted by atomic mass is 35.5. The molecule has 3 N–H and O–H groups in total. The molecule has 170 valence electrons. The van der Waals surface area contributed by atoms with Crippen LogP contribution in [0.5, 0.6) is 5.75 Å². The lowest BCUT2D eigenvalue weighted by atomic mass is 9.94. The van der Waals surface area contributed by atoms with E-state index in [1.807, 2.05) is 6.92 Å². The summed E-state index contributed by atoms with van der Waals surface area (Å²) in [5, 5.41) is 7.64.